The van der Waals surface area contributed by atoms with Crippen molar-refractivity contribution in [3.63, 3.8) is 0 Å². The Kier molecular flexibility index (Phi) is 6.68. The fraction of sp³-hybridized carbons (Fsp3) is 0.360. The first kappa shape index (κ1) is 25.6. The molecular weight excluding hydrogens is 525 g/mol. The summed E-state index contributed by atoms with van der Waals surface area (Å²) >= 11 is 7.14. The number of fused-ring (bicyclic) bond motifs is 1. The van der Waals surface area contributed by atoms with Gasteiger partial charge in [0.25, 0.3) is 5.91 Å². The van der Waals surface area contributed by atoms with Crippen molar-refractivity contribution in [2.24, 2.45) is 10.1 Å². The van der Waals surface area contributed by atoms with Crippen LogP contribution in [0.1, 0.15) is 18.1 Å². The molecule has 37 heavy (non-hydrogen) atoms. The highest BCUT2D eigenvalue weighted by Gasteiger charge is 2.39. The molecule has 3 heterocycles. The van der Waals surface area contributed by atoms with Crippen molar-refractivity contribution in [2.75, 3.05) is 33.2 Å². The maximum absolute atomic E-state index is 13.6. The van der Waals surface area contributed by atoms with Gasteiger partial charge in [-0.05, 0) is 54.6 Å². The first-order chi connectivity index (χ1) is 17.6. The lowest BCUT2D eigenvalue weighted by molar-refractivity contribution is -0.138. The number of hydrogen-bond donors (Lipinski definition) is 0. The van der Waals surface area contributed by atoms with Crippen LogP contribution >= 0.6 is 23.4 Å². The second-order valence-electron chi connectivity index (χ2n) is 9.13. The Labute approximate surface area is 221 Å². The zero-order chi connectivity index (χ0) is 26.5. The molecule has 0 bridgehead atoms. The Hall–Kier alpha value is -3.07. The number of carbonyl (C=O) groups is 1. The van der Waals surface area contributed by atoms with Gasteiger partial charge in [0.1, 0.15) is 6.07 Å². The summed E-state index contributed by atoms with van der Waals surface area (Å²) in [6.07, 6.45) is -1.04. The molecule has 5 rings (SSSR count). The summed E-state index contributed by atoms with van der Waals surface area (Å²) in [5.74, 6) is -0.335. The van der Waals surface area contributed by atoms with Crippen LogP contribution in [0.2, 0.25) is 5.02 Å². The molecule has 0 saturated carbocycles. The summed E-state index contributed by atoms with van der Waals surface area (Å²) in [5, 5.41) is 16.2. The molecule has 1 aromatic rings. The van der Waals surface area contributed by atoms with Crippen LogP contribution in [-0.4, -0.2) is 70.9 Å². The number of thioether (sulfide) groups is 1. The average molecular weight is 547 g/mol. The van der Waals surface area contributed by atoms with E-state index in [2.05, 4.69) is 26.0 Å². The van der Waals surface area contributed by atoms with E-state index in [-0.39, 0.29) is 28.7 Å². The van der Waals surface area contributed by atoms with Gasteiger partial charge in [0.15, 0.2) is 10.9 Å². The smallest absolute Gasteiger partial charge is 0.348 e. The van der Waals surface area contributed by atoms with Gasteiger partial charge < -0.3 is 9.80 Å². The molecule has 1 saturated heterocycles. The monoisotopic (exact) mass is 546 g/mol. The van der Waals surface area contributed by atoms with Crippen molar-refractivity contribution >= 4 is 40.1 Å². The number of allylic oxidation sites excluding steroid dienone is 3. The SMILES string of the molecule is CC1=C2C(C#N)=NN(Cc3ccc(Cl)cc3C(F)(F)F)C2C=C/C1=C1/SC(N2CCN(C)CC2)=NC1=O. The molecule has 3 aliphatic heterocycles. The predicted molar refractivity (Wildman–Crippen MR) is 137 cm³/mol. The molecule has 1 aliphatic carbocycles. The number of aliphatic imine (C=N–C) groups is 1. The van der Waals surface area contributed by atoms with Crippen LogP contribution in [0.3, 0.4) is 0 Å². The van der Waals surface area contributed by atoms with E-state index in [1.165, 1.54) is 28.9 Å². The third kappa shape index (κ3) is 4.81. The summed E-state index contributed by atoms with van der Waals surface area (Å²) in [5.41, 5.74) is 1.20. The van der Waals surface area contributed by atoms with Crippen molar-refractivity contribution < 1.29 is 18.0 Å². The van der Waals surface area contributed by atoms with Crippen molar-refractivity contribution in [2.45, 2.75) is 25.7 Å². The fourth-order valence-corrected chi connectivity index (χ4v) is 6.03. The molecule has 1 atom stereocenters. The predicted octanol–water partition coefficient (Wildman–Crippen LogP) is 4.44. The van der Waals surface area contributed by atoms with Crippen LogP contribution in [0.15, 0.2) is 62.1 Å². The molecule has 1 aromatic carbocycles. The topological polar surface area (TPSA) is 75.3 Å². The number of amides is 1. The minimum Gasteiger partial charge on any atom is -0.348 e. The molecule has 0 aromatic heterocycles. The van der Waals surface area contributed by atoms with Crippen LogP contribution in [0.4, 0.5) is 13.2 Å². The molecule has 4 aliphatic rings. The number of nitriles is 1. The summed E-state index contributed by atoms with van der Waals surface area (Å²) < 4.78 is 40.9. The Morgan fingerprint density at radius 3 is 2.65 bits per heavy atom. The Bertz CT molecular complexity index is 1370. The normalized spacial score (nSPS) is 24.5. The summed E-state index contributed by atoms with van der Waals surface area (Å²) in [6.45, 7) is 4.95. The highest BCUT2D eigenvalue weighted by atomic mass is 35.5. The summed E-state index contributed by atoms with van der Waals surface area (Å²) in [7, 11) is 2.05. The number of hydrazone groups is 1. The Balaban J connectivity index is 1.44. The highest BCUT2D eigenvalue weighted by Crippen LogP contribution is 2.41. The van der Waals surface area contributed by atoms with Gasteiger partial charge >= 0.3 is 6.18 Å². The van der Waals surface area contributed by atoms with Gasteiger partial charge in [-0.25, -0.2) is 0 Å². The number of hydrogen-bond acceptors (Lipinski definition) is 7. The van der Waals surface area contributed by atoms with Gasteiger partial charge in [-0.3, -0.25) is 9.80 Å². The van der Waals surface area contributed by atoms with E-state index in [0.717, 1.165) is 32.2 Å². The first-order valence-electron chi connectivity index (χ1n) is 11.6. The van der Waals surface area contributed by atoms with Gasteiger partial charge in [-0.2, -0.15) is 28.5 Å². The minimum absolute atomic E-state index is 0.00105. The third-order valence-electron chi connectivity index (χ3n) is 6.77. The molecule has 0 N–H and O–H groups in total. The number of alkyl halides is 3. The van der Waals surface area contributed by atoms with Gasteiger partial charge in [0.2, 0.25) is 0 Å². The highest BCUT2D eigenvalue weighted by molar-refractivity contribution is 8.18. The molecule has 12 heteroatoms. The number of benzene rings is 1. The molecular formula is C25H22ClF3N6OS. The molecule has 192 valence electrons. The standard InChI is InChI=1S/C25H22ClF3N6OS/c1-14-17(22-23(36)31-24(37-22)34-9-7-33(2)8-10-34)5-6-20-21(14)19(12-30)32-35(20)13-15-3-4-16(26)11-18(15)25(27,28)29/h3-6,11,20H,7-10,13H2,1-2H3/b22-17-. The van der Waals surface area contributed by atoms with Crippen LogP contribution < -0.4 is 0 Å². The molecule has 1 amide bonds. The number of likely N-dealkylation sites (N-methyl/N-ethyl adjacent to an activating group) is 1. The van der Waals surface area contributed by atoms with Crippen LogP contribution in [0.5, 0.6) is 0 Å². The molecule has 0 spiro atoms. The lowest BCUT2D eigenvalue weighted by Crippen LogP contribution is -2.46. The van der Waals surface area contributed by atoms with Crippen molar-refractivity contribution in [1.82, 2.24) is 14.8 Å². The van der Waals surface area contributed by atoms with Crippen LogP contribution in [0, 0.1) is 11.3 Å². The first-order valence-corrected chi connectivity index (χ1v) is 12.8. The average Bonchev–Trinajstić information content (AvgIpc) is 3.41. The van der Waals surface area contributed by atoms with Crippen molar-refractivity contribution in [3.05, 3.63) is 68.1 Å². The third-order valence-corrected chi connectivity index (χ3v) is 8.14. The minimum atomic E-state index is -4.59. The fourth-order valence-electron chi connectivity index (χ4n) is 4.77. The molecule has 1 unspecified atom stereocenters. The van der Waals surface area contributed by atoms with Gasteiger partial charge in [-0.1, -0.05) is 29.8 Å². The summed E-state index contributed by atoms with van der Waals surface area (Å²) in [6, 6.07) is 5.16. The van der Waals surface area contributed by atoms with E-state index in [9.17, 15) is 23.2 Å². The van der Waals surface area contributed by atoms with Crippen LogP contribution in [0.25, 0.3) is 0 Å². The van der Waals surface area contributed by atoms with E-state index in [1.807, 2.05) is 7.05 Å². The van der Waals surface area contributed by atoms with Crippen molar-refractivity contribution in [3.8, 4) is 6.07 Å². The second-order valence-corrected chi connectivity index (χ2v) is 10.5. The van der Waals surface area contributed by atoms with Gasteiger partial charge in [-0.15, -0.1) is 0 Å². The van der Waals surface area contributed by atoms with E-state index in [4.69, 9.17) is 11.6 Å². The molecule has 0 radical (unpaired) electrons. The lowest BCUT2D eigenvalue weighted by atomic mass is 9.87. The van der Waals surface area contributed by atoms with Crippen molar-refractivity contribution in [1.29, 1.82) is 5.26 Å². The van der Waals surface area contributed by atoms with Gasteiger partial charge in [0, 0.05) is 36.8 Å². The number of nitrogens with zero attached hydrogens (tertiary/aromatic N) is 6. The number of amidine groups is 1. The maximum Gasteiger partial charge on any atom is 0.416 e. The van der Waals surface area contributed by atoms with Gasteiger partial charge in [0.05, 0.1) is 23.1 Å². The van der Waals surface area contributed by atoms with E-state index in [0.29, 0.717) is 26.8 Å². The zero-order valence-electron chi connectivity index (χ0n) is 20.0. The molecule has 7 nitrogen and oxygen atoms in total. The maximum atomic E-state index is 13.6. The largest absolute Gasteiger partial charge is 0.416 e. The zero-order valence-corrected chi connectivity index (χ0v) is 21.6. The lowest BCUT2D eigenvalue weighted by Gasteiger charge is -2.33. The van der Waals surface area contributed by atoms with E-state index >= 15 is 0 Å². The Morgan fingerprint density at radius 1 is 1.24 bits per heavy atom. The molecule has 1 fully saturated rings. The van der Waals surface area contributed by atoms with Crippen LogP contribution in [-0.2, 0) is 17.5 Å². The van der Waals surface area contributed by atoms with E-state index in [1.54, 1.807) is 19.1 Å². The number of halogens is 4. The number of carbonyl (C=O) groups excluding carboxylic acids is 1. The second kappa shape index (κ2) is 9.67. The number of piperazine rings is 1. The van der Waals surface area contributed by atoms with E-state index < -0.39 is 17.8 Å². The Morgan fingerprint density at radius 2 is 1.97 bits per heavy atom. The summed E-state index contributed by atoms with van der Waals surface area (Å²) in [4.78, 5) is 21.9. The quantitative estimate of drug-likeness (QED) is 0.511. The number of rotatable bonds is 2.